The molecular formula is C6H11BiO7. The van der Waals surface area contributed by atoms with Crippen molar-refractivity contribution < 1.29 is 33.1 Å². The Morgan fingerprint density at radius 2 is 1.71 bits per heavy atom. The summed E-state index contributed by atoms with van der Waals surface area (Å²) in [5.41, 5.74) is 0. The molecule has 0 spiro atoms. The molecule has 0 fully saturated rings. The number of carbonyl (C=O) groups is 1. The predicted octanol–water partition coefficient (Wildman–Crippen LogP) is -3.95. The Morgan fingerprint density at radius 3 is 2.07 bits per heavy atom. The van der Waals surface area contributed by atoms with Crippen molar-refractivity contribution in [3.8, 4) is 0 Å². The first kappa shape index (κ1) is 14.2. The summed E-state index contributed by atoms with van der Waals surface area (Å²) in [7, 11) is 0. The van der Waals surface area contributed by atoms with Crippen molar-refractivity contribution in [1.29, 1.82) is 0 Å². The summed E-state index contributed by atoms with van der Waals surface area (Å²) in [6.07, 6.45) is -7.27. The van der Waals surface area contributed by atoms with Gasteiger partial charge in [0.25, 0.3) is 0 Å². The van der Waals surface area contributed by atoms with E-state index in [9.17, 15) is 4.79 Å². The van der Waals surface area contributed by atoms with Crippen molar-refractivity contribution in [2.75, 3.05) is 6.61 Å². The minimum absolute atomic E-state index is 0.235. The van der Waals surface area contributed by atoms with Crippen LogP contribution in [-0.2, 0) is 7.61 Å². The van der Waals surface area contributed by atoms with Crippen molar-refractivity contribution >= 4 is 31.1 Å². The molecule has 2 radical (unpaired) electrons. The summed E-state index contributed by atoms with van der Waals surface area (Å²) >= 11 is 0.235. The fraction of sp³-hybridized carbons (Fsp3) is 0.833. The molecule has 0 unspecified atom stereocenters. The zero-order chi connectivity index (χ0) is 11.3. The molecule has 0 rings (SSSR count). The molecule has 0 aliphatic carbocycles. The van der Waals surface area contributed by atoms with Crippen LogP contribution in [0.1, 0.15) is 0 Å². The number of hydrogen-bond acceptors (Lipinski definition) is 7. The number of aliphatic hydroxyl groups is 5. The Morgan fingerprint density at radius 1 is 1.21 bits per heavy atom. The van der Waals surface area contributed by atoms with Crippen LogP contribution in [0.4, 0.5) is 0 Å². The van der Waals surface area contributed by atoms with E-state index in [4.69, 9.17) is 25.5 Å². The van der Waals surface area contributed by atoms with Gasteiger partial charge in [0.05, 0.1) is 0 Å². The van der Waals surface area contributed by atoms with Crippen LogP contribution in [-0.4, -0.2) is 87.7 Å². The van der Waals surface area contributed by atoms with Crippen molar-refractivity contribution in [3.63, 3.8) is 0 Å². The molecule has 7 nitrogen and oxygen atoms in total. The van der Waals surface area contributed by atoms with E-state index in [1.54, 1.807) is 0 Å². The second-order valence-corrected chi connectivity index (χ2v) is 3.30. The second-order valence-electron chi connectivity index (χ2n) is 2.59. The van der Waals surface area contributed by atoms with E-state index >= 15 is 0 Å². The molecular weight excluding hydrogens is 393 g/mol. The predicted molar refractivity (Wildman–Crippen MR) is 43.0 cm³/mol. The van der Waals surface area contributed by atoms with Gasteiger partial charge in [0.2, 0.25) is 0 Å². The molecule has 0 aliphatic heterocycles. The van der Waals surface area contributed by atoms with E-state index in [-0.39, 0.29) is 25.2 Å². The number of rotatable bonds is 5. The van der Waals surface area contributed by atoms with E-state index in [0.29, 0.717) is 0 Å². The molecule has 0 aromatic rings. The van der Waals surface area contributed by atoms with Crippen LogP contribution in [0.15, 0.2) is 0 Å². The van der Waals surface area contributed by atoms with Crippen LogP contribution >= 0.6 is 0 Å². The number of carbonyl (C=O) groups excluding carboxylic acids is 1. The zero-order valence-electron chi connectivity index (χ0n) is 7.02. The zero-order valence-corrected chi connectivity index (χ0v) is 10.5. The monoisotopic (exact) mass is 404 g/mol. The third kappa shape index (κ3) is 3.72. The van der Waals surface area contributed by atoms with Gasteiger partial charge in [-0.25, -0.2) is 0 Å². The van der Waals surface area contributed by atoms with Crippen molar-refractivity contribution in [2.45, 2.75) is 24.4 Å². The van der Waals surface area contributed by atoms with Gasteiger partial charge in [-0.3, -0.25) is 0 Å². The maximum atomic E-state index is 10.7. The Balaban J connectivity index is 4.30. The van der Waals surface area contributed by atoms with E-state index in [2.05, 4.69) is 2.81 Å². The first-order valence-corrected chi connectivity index (χ1v) is 5.06. The van der Waals surface area contributed by atoms with Crippen molar-refractivity contribution in [2.24, 2.45) is 0 Å². The summed E-state index contributed by atoms with van der Waals surface area (Å²) in [6, 6.07) is 0. The molecule has 0 aliphatic rings. The maximum absolute atomic E-state index is 10.7. The third-order valence-corrected chi connectivity index (χ3v) is 2.29. The standard InChI is InChI=1S/C6H12O7.Bi/c7-1-2(8)3(9)4(10)5(11)6(12)13;/h2-5,7-11H,1H2,(H,12,13);/q;+1/p-1/t2-,3-,4+,5-;/m1./s1. The normalized spacial score (nSPS) is 19.6. The Labute approximate surface area is 95.4 Å². The minimum atomic E-state index is -1.93. The number of aliphatic hydroxyl groups excluding tert-OH is 5. The molecule has 0 bridgehead atoms. The van der Waals surface area contributed by atoms with E-state index in [1.165, 1.54) is 0 Å². The number of hydrogen-bond donors (Lipinski definition) is 5. The Bertz CT molecular complexity index is 187. The van der Waals surface area contributed by atoms with Crippen molar-refractivity contribution in [3.05, 3.63) is 0 Å². The van der Waals surface area contributed by atoms with Gasteiger partial charge in [0.1, 0.15) is 0 Å². The fourth-order valence-electron chi connectivity index (χ4n) is 0.716. The van der Waals surface area contributed by atoms with Gasteiger partial charge in [-0.15, -0.1) is 0 Å². The molecule has 0 saturated carbocycles. The molecule has 0 heterocycles. The molecule has 8 heteroatoms. The topological polar surface area (TPSA) is 127 Å². The molecule has 82 valence electrons. The first-order valence-electron chi connectivity index (χ1n) is 3.64. The summed E-state index contributed by atoms with van der Waals surface area (Å²) < 4.78 is 4.20. The van der Waals surface area contributed by atoms with Crippen molar-refractivity contribution in [1.82, 2.24) is 0 Å². The van der Waals surface area contributed by atoms with Gasteiger partial charge in [-0.05, 0) is 0 Å². The molecule has 0 aromatic carbocycles. The SMILES string of the molecule is O=C([O][Bi])[C@H](O)[C@@H](O)[C@H](O)[C@H](O)CO. The molecule has 0 amide bonds. The Kier molecular flexibility index (Phi) is 6.67. The van der Waals surface area contributed by atoms with E-state index in [0.717, 1.165) is 0 Å². The summed E-state index contributed by atoms with van der Waals surface area (Å²) in [5, 5.41) is 44.6. The molecule has 4 atom stereocenters. The third-order valence-electron chi connectivity index (χ3n) is 1.59. The molecule has 14 heavy (non-hydrogen) atoms. The molecule has 0 saturated heterocycles. The van der Waals surface area contributed by atoms with Crippen LogP contribution in [0.2, 0.25) is 0 Å². The average molecular weight is 404 g/mol. The van der Waals surface area contributed by atoms with Gasteiger partial charge in [0, 0.05) is 0 Å². The quantitative estimate of drug-likeness (QED) is 0.296. The summed E-state index contributed by atoms with van der Waals surface area (Å²) in [5.74, 6) is -1.09. The first-order chi connectivity index (χ1) is 6.45. The van der Waals surface area contributed by atoms with Gasteiger partial charge in [-0.2, -0.15) is 0 Å². The summed E-state index contributed by atoms with van der Waals surface area (Å²) in [6.45, 7) is -0.793. The van der Waals surface area contributed by atoms with Gasteiger partial charge in [-0.1, -0.05) is 0 Å². The second kappa shape index (κ2) is 6.60. The fourth-order valence-corrected chi connectivity index (χ4v) is 1.14. The molecule has 5 N–H and O–H groups in total. The van der Waals surface area contributed by atoms with Gasteiger partial charge < -0.3 is 0 Å². The average Bonchev–Trinajstić information content (AvgIpc) is 2.23. The van der Waals surface area contributed by atoms with Crippen LogP contribution in [0.25, 0.3) is 0 Å². The van der Waals surface area contributed by atoms with E-state index in [1.807, 2.05) is 0 Å². The van der Waals surface area contributed by atoms with Crippen LogP contribution in [0, 0.1) is 0 Å². The molecule has 0 aromatic heterocycles. The van der Waals surface area contributed by atoms with E-state index < -0.39 is 37.0 Å². The van der Waals surface area contributed by atoms with Gasteiger partial charge in [0.15, 0.2) is 0 Å². The van der Waals surface area contributed by atoms with Crippen LogP contribution < -0.4 is 0 Å². The van der Waals surface area contributed by atoms with Crippen LogP contribution in [0.5, 0.6) is 0 Å². The van der Waals surface area contributed by atoms with Gasteiger partial charge >= 0.3 is 95.3 Å². The summed E-state index contributed by atoms with van der Waals surface area (Å²) in [4.78, 5) is 10.7. The Hall–Kier alpha value is 0.153. The van der Waals surface area contributed by atoms with Crippen LogP contribution in [0.3, 0.4) is 0 Å².